The molecule has 0 N–H and O–H groups in total. The summed E-state index contributed by atoms with van der Waals surface area (Å²) in [6.45, 7) is 12.6. The maximum absolute atomic E-state index is 15.5. The van der Waals surface area contributed by atoms with E-state index < -0.39 is 35.8 Å². The number of hydrogen-bond acceptors (Lipinski definition) is 13. The lowest BCUT2D eigenvalue weighted by atomic mass is 9.91. The maximum atomic E-state index is 15.5. The van der Waals surface area contributed by atoms with Gasteiger partial charge in [-0.1, -0.05) is 69.0 Å². The molecule has 392 valence electrons. The van der Waals surface area contributed by atoms with Crippen LogP contribution >= 0.6 is 22.7 Å². The maximum Gasteiger partial charge on any atom is 0.435 e. The monoisotopic (exact) mass is 1060 g/mol. The molecule has 0 amide bonds. The molecule has 2 fully saturated rings. The number of rotatable bonds is 14. The average molecular weight is 1060 g/mol. The number of Topliss-reactive ketones (excluding diaryl/α,β-unsaturated/α-hetero) is 1. The van der Waals surface area contributed by atoms with Crippen LogP contribution < -0.4 is 0 Å². The highest BCUT2D eigenvalue weighted by Crippen LogP contribution is 2.39. The van der Waals surface area contributed by atoms with Crippen LogP contribution in [0.5, 0.6) is 0 Å². The molecule has 0 aliphatic carbocycles. The van der Waals surface area contributed by atoms with Crippen molar-refractivity contribution in [3.05, 3.63) is 137 Å². The fraction of sp³-hybridized carbons (Fsp3) is 0.491. The Morgan fingerprint density at radius 2 is 0.946 bits per heavy atom. The molecule has 4 aliphatic rings. The number of alkyl halides is 6. The SMILES string of the molecule is Cc1cc(C)cc([C@H]2CC(c3csc(C4CCN(C(Cn5nc(C(F)(F)F)cc5C)C(=O)C(Cn5nc(C(F)(F)F)cc5C)N5CCC(c6nc(C7=NO[C@@H](c8cc(C)cc(C)c8)C7)cs6)CC5)CC4)n3)=NO2)c1. The second-order valence-electron chi connectivity index (χ2n) is 20.4. The van der Waals surface area contributed by atoms with Crippen molar-refractivity contribution in [2.24, 2.45) is 10.3 Å². The normalized spacial score (nSPS) is 20.4. The number of oxime groups is 2. The lowest BCUT2D eigenvalue weighted by Gasteiger charge is -2.41. The third-order valence-corrected chi connectivity index (χ3v) is 16.8. The standard InChI is InChI=1S/C53H58F6N10O3S2/c1-29-15-30(2)18-37(17-29)45-23-39(64-71-45)41-27-73-50(60-41)35-7-11-66(12-8-35)43(25-68-33(5)21-47(62-68)52(54,55)56)49(70)44(26-69-34(6)22-48(63-69)53(57,58)59)67-13-9-36(10-14-67)51-61-42(28-74-51)40-24-46(72-65-40)38-19-31(3)16-32(4)20-38/h15-22,27-28,35-36,43-46H,7-14,23-26H2,1-6H3/t43?,44?,45-,46-/m1/s1. The van der Waals surface area contributed by atoms with E-state index in [0.717, 1.165) is 78.3 Å². The van der Waals surface area contributed by atoms with Crippen molar-refractivity contribution in [3.8, 4) is 0 Å². The molecule has 4 aromatic heterocycles. The zero-order chi connectivity index (χ0) is 52.2. The van der Waals surface area contributed by atoms with Crippen LogP contribution in [0.1, 0.15) is 140 Å². The van der Waals surface area contributed by atoms with Crippen LogP contribution in [0.15, 0.2) is 69.6 Å². The van der Waals surface area contributed by atoms with Crippen LogP contribution in [-0.4, -0.2) is 94.8 Å². The smallest absolute Gasteiger partial charge is 0.387 e. The number of hydrogen-bond donors (Lipinski definition) is 0. The molecule has 10 rings (SSSR count). The van der Waals surface area contributed by atoms with Gasteiger partial charge in [0.1, 0.15) is 11.4 Å². The van der Waals surface area contributed by atoms with E-state index in [0.29, 0.717) is 64.7 Å². The zero-order valence-electron chi connectivity index (χ0n) is 42.0. The van der Waals surface area contributed by atoms with Gasteiger partial charge in [0.05, 0.1) is 46.6 Å². The summed E-state index contributed by atoms with van der Waals surface area (Å²) in [5.41, 5.74) is 8.08. The largest absolute Gasteiger partial charge is 0.435 e. The Kier molecular flexibility index (Phi) is 14.5. The van der Waals surface area contributed by atoms with Crippen LogP contribution in [0.25, 0.3) is 0 Å². The van der Waals surface area contributed by atoms with Crippen molar-refractivity contribution < 1.29 is 40.8 Å². The summed E-state index contributed by atoms with van der Waals surface area (Å²) in [5.74, 6) is -0.233. The van der Waals surface area contributed by atoms with Gasteiger partial charge < -0.3 is 9.68 Å². The molecule has 2 saturated heterocycles. The first-order valence-corrected chi connectivity index (χ1v) is 26.8. The van der Waals surface area contributed by atoms with E-state index in [1.807, 2.05) is 20.6 Å². The second kappa shape index (κ2) is 20.7. The Morgan fingerprint density at radius 1 is 0.581 bits per heavy atom. The summed E-state index contributed by atoms with van der Waals surface area (Å²) in [5, 5.41) is 22.5. The van der Waals surface area contributed by atoms with Crippen molar-refractivity contribution in [2.45, 2.75) is 142 Å². The first kappa shape index (κ1) is 51.7. The molecule has 21 heteroatoms. The zero-order valence-corrected chi connectivity index (χ0v) is 43.6. The number of aryl methyl sites for hydroxylation is 6. The Morgan fingerprint density at radius 3 is 1.28 bits per heavy atom. The van der Waals surface area contributed by atoms with E-state index in [-0.39, 0.29) is 54.3 Å². The number of thiazole rings is 2. The lowest BCUT2D eigenvalue weighted by molar-refractivity contribution is -0.142. The number of likely N-dealkylation sites (tertiary alicyclic amines) is 2. The number of aromatic nitrogens is 6. The number of halogens is 6. The number of carbonyl (C=O) groups excluding carboxylic acids is 1. The van der Waals surface area contributed by atoms with Gasteiger partial charge in [-0.15, -0.1) is 22.7 Å². The van der Waals surface area contributed by atoms with E-state index in [4.69, 9.17) is 19.6 Å². The average Bonchev–Trinajstić information content (AvgIpc) is 4.21. The van der Waals surface area contributed by atoms with E-state index in [1.165, 1.54) is 23.2 Å². The molecule has 6 aromatic rings. The Bertz CT molecular complexity index is 2840. The van der Waals surface area contributed by atoms with Gasteiger partial charge >= 0.3 is 12.4 Å². The van der Waals surface area contributed by atoms with Gasteiger partial charge in [-0.25, -0.2) is 9.97 Å². The van der Waals surface area contributed by atoms with Crippen LogP contribution in [0, 0.1) is 41.5 Å². The number of carbonyl (C=O) groups is 1. The van der Waals surface area contributed by atoms with Gasteiger partial charge in [-0.2, -0.15) is 36.5 Å². The van der Waals surface area contributed by atoms with Crippen LogP contribution in [0.3, 0.4) is 0 Å². The molecule has 0 spiro atoms. The van der Waals surface area contributed by atoms with Gasteiger partial charge in [0, 0.05) is 46.8 Å². The predicted molar refractivity (Wildman–Crippen MR) is 270 cm³/mol. The van der Waals surface area contributed by atoms with Gasteiger partial charge in [0.15, 0.2) is 29.4 Å². The third kappa shape index (κ3) is 11.3. The molecular weight excluding hydrogens is 1000 g/mol. The summed E-state index contributed by atoms with van der Waals surface area (Å²) in [4.78, 5) is 41.3. The van der Waals surface area contributed by atoms with Gasteiger partial charge in [-0.05, 0) is 117 Å². The fourth-order valence-electron chi connectivity index (χ4n) is 10.9. The molecule has 0 radical (unpaired) electrons. The summed E-state index contributed by atoms with van der Waals surface area (Å²) in [7, 11) is 0. The van der Waals surface area contributed by atoms with Crippen LogP contribution in [-0.2, 0) is 39.9 Å². The quantitative estimate of drug-likeness (QED) is 0.0979. The molecule has 2 aromatic carbocycles. The second-order valence-corrected chi connectivity index (χ2v) is 22.2. The first-order chi connectivity index (χ1) is 35.2. The highest BCUT2D eigenvalue weighted by atomic mass is 32.1. The molecule has 13 nitrogen and oxygen atoms in total. The van der Waals surface area contributed by atoms with Crippen molar-refractivity contribution in [3.63, 3.8) is 0 Å². The third-order valence-electron chi connectivity index (χ3n) is 14.7. The summed E-state index contributed by atoms with van der Waals surface area (Å²) in [6.07, 6.45) is -6.23. The summed E-state index contributed by atoms with van der Waals surface area (Å²) < 4.78 is 86.8. The Labute approximate surface area is 433 Å². The summed E-state index contributed by atoms with van der Waals surface area (Å²) in [6, 6.07) is 12.6. The van der Waals surface area contributed by atoms with Crippen molar-refractivity contribution in [1.29, 1.82) is 0 Å². The molecule has 0 bridgehead atoms. The molecule has 8 heterocycles. The predicted octanol–water partition coefficient (Wildman–Crippen LogP) is 11.4. The molecule has 0 saturated carbocycles. The number of ketones is 1. The van der Waals surface area contributed by atoms with E-state index in [9.17, 15) is 26.3 Å². The number of piperidine rings is 2. The first-order valence-electron chi connectivity index (χ1n) is 25.0. The molecular formula is C53H58F6N10O3S2. The minimum atomic E-state index is -4.71. The summed E-state index contributed by atoms with van der Waals surface area (Å²) >= 11 is 3.08. The lowest BCUT2D eigenvalue weighted by Crippen LogP contribution is -2.57. The van der Waals surface area contributed by atoms with Crippen molar-refractivity contribution in [2.75, 3.05) is 26.2 Å². The number of benzene rings is 2. The molecule has 4 atom stereocenters. The highest BCUT2D eigenvalue weighted by Gasteiger charge is 2.42. The van der Waals surface area contributed by atoms with Gasteiger partial charge in [-0.3, -0.25) is 24.0 Å². The van der Waals surface area contributed by atoms with Crippen molar-refractivity contribution >= 4 is 39.9 Å². The van der Waals surface area contributed by atoms with Crippen molar-refractivity contribution in [1.82, 2.24) is 39.3 Å². The van der Waals surface area contributed by atoms with E-state index in [1.54, 1.807) is 22.7 Å². The Balaban J connectivity index is 0.870. The highest BCUT2D eigenvalue weighted by molar-refractivity contribution is 7.10. The molecule has 2 unspecified atom stereocenters. The fourth-order valence-corrected chi connectivity index (χ4v) is 12.9. The Hall–Kier alpha value is -5.77. The van der Waals surface area contributed by atoms with E-state index in [2.05, 4.69) is 84.6 Å². The van der Waals surface area contributed by atoms with E-state index >= 15 is 4.79 Å². The topological polar surface area (TPSA) is 128 Å². The molecule has 74 heavy (non-hydrogen) atoms. The van der Waals surface area contributed by atoms with Gasteiger partial charge in [0.2, 0.25) is 0 Å². The minimum Gasteiger partial charge on any atom is -0.387 e. The molecule has 4 aliphatic heterocycles. The number of nitrogens with zero attached hydrogens (tertiary/aromatic N) is 10. The minimum absolute atomic E-state index is 0.0444. The van der Waals surface area contributed by atoms with Crippen LogP contribution in [0.2, 0.25) is 0 Å². The van der Waals surface area contributed by atoms with Gasteiger partial charge in [0.25, 0.3) is 0 Å². The van der Waals surface area contributed by atoms with Crippen LogP contribution in [0.4, 0.5) is 26.3 Å².